The molecule has 1 rings (SSSR count). The van der Waals surface area contributed by atoms with Crippen molar-refractivity contribution in [2.24, 2.45) is 11.8 Å². The number of hydrogen-bond acceptors (Lipinski definition) is 4. The number of rotatable bonds is 5. The third-order valence-electron chi connectivity index (χ3n) is 2.62. The zero-order chi connectivity index (χ0) is 16.3. The van der Waals surface area contributed by atoms with Crippen LogP contribution in [0.25, 0.3) is 0 Å². The van der Waals surface area contributed by atoms with E-state index in [2.05, 4.69) is 4.98 Å². The fourth-order valence-electron chi connectivity index (χ4n) is 1.80. The molecule has 0 radical (unpaired) electrons. The number of alkyl halides is 6. The third kappa shape index (κ3) is 4.46. The van der Waals surface area contributed by atoms with Crippen LogP contribution in [0.5, 0.6) is 5.75 Å². The van der Waals surface area contributed by atoms with Crippen LogP contribution in [0.1, 0.15) is 18.5 Å². The quantitative estimate of drug-likeness (QED) is 0.498. The molecule has 0 aliphatic rings. The first-order valence-corrected chi connectivity index (χ1v) is 5.78. The highest BCUT2D eigenvalue weighted by molar-refractivity contribution is 5.27. The van der Waals surface area contributed by atoms with E-state index in [-0.39, 0.29) is 17.9 Å². The molecule has 0 amide bonds. The predicted octanol–water partition coefficient (Wildman–Crippen LogP) is 2.73. The van der Waals surface area contributed by atoms with Gasteiger partial charge in [0, 0.05) is 6.20 Å². The summed E-state index contributed by atoms with van der Waals surface area (Å²) in [5, 5.41) is 0. The maximum Gasteiger partial charge on any atom is 0.402 e. The number of hydrazine groups is 1. The standard InChI is InChI=1S/C11H13F6N3O/c1-2-21-7-3-6(4-19-5-7)8(20-18)9(10(12,13)14)11(15,16)17/h3-5,8-9,20H,2,18H2,1H3. The minimum atomic E-state index is -5.52. The zero-order valence-corrected chi connectivity index (χ0v) is 10.8. The van der Waals surface area contributed by atoms with Crippen LogP contribution in [0.2, 0.25) is 0 Å². The Kier molecular flexibility index (Phi) is 5.40. The molecule has 0 saturated carbocycles. The van der Waals surface area contributed by atoms with Gasteiger partial charge in [0.05, 0.1) is 18.8 Å². The van der Waals surface area contributed by atoms with Crippen LogP contribution < -0.4 is 16.0 Å². The van der Waals surface area contributed by atoms with E-state index in [9.17, 15) is 26.3 Å². The lowest BCUT2D eigenvalue weighted by molar-refractivity contribution is -0.293. The van der Waals surface area contributed by atoms with Gasteiger partial charge in [0.15, 0.2) is 5.92 Å². The average molecular weight is 317 g/mol. The fraction of sp³-hybridized carbons (Fsp3) is 0.545. The van der Waals surface area contributed by atoms with Gasteiger partial charge >= 0.3 is 12.4 Å². The molecule has 1 atom stereocenters. The van der Waals surface area contributed by atoms with Crippen molar-refractivity contribution in [2.75, 3.05) is 6.61 Å². The van der Waals surface area contributed by atoms with Gasteiger partial charge in [0.1, 0.15) is 5.75 Å². The van der Waals surface area contributed by atoms with E-state index < -0.39 is 24.3 Å². The molecule has 1 aromatic heterocycles. The van der Waals surface area contributed by atoms with Gasteiger partial charge in [-0.2, -0.15) is 26.3 Å². The maximum atomic E-state index is 12.7. The molecule has 0 bridgehead atoms. The van der Waals surface area contributed by atoms with Crippen molar-refractivity contribution < 1.29 is 31.1 Å². The van der Waals surface area contributed by atoms with E-state index in [4.69, 9.17) is 10.6 Å². The Hall–Kier alpha value is -1.55. The summed E-state index contributed by atoms with van der Waals surface area (Å²) in [5.41, 5.74) is 1.19. The first-order valence-electron chi connectivity index (χ1n) is 5.78. The van der Waals surface area contributed by atoms with Crippen LogP contribution in [0, 0.1) is 5.92 Å². The first-order chi connectivity index (χ1) is 9.61. The summed E-state index contributed by atoms with van der Waals surface area (Å²) >= 11 is 0. The van der Waals surface area contributed by atoms with Crippen molar-refractivity contribution >= 4 is 0 Å². The summed E-state index contributed by atoms with van der Waals surface area (Å²) in [6, 6.07) is -1.19. The van der Waals surface area contributed by atoms with Crippen molar-refractivity contribution in [2.45, 2.75) is 25.3 Å². The normalized spacial score (nSPS) is 14.3. The molecule has 4 nitrogen and oxygen atoms in total. The second-order valence-corrected chi connectivity index (χ2v) is 4.09. The average Bonchev–Trinajstić information content (AvgIpc) is 2.33. The number of pyridine rings is 1. The van der Waals surface area contributed by atoms with Crippen molar-refractivity contribution in [1.82, 2.24) is 10.4 Å². The molecule has 0 saturated heterocycles. The summed E-state index contributed by atoms with van der Waals surface area (Å²) in [7, 11) is 0. The minimum Gasteiger partial charge on any atom is -0.492 e. The van der Waals surface area contributed by atoms with Crippen molar-refractivity contribution in [1.29, 1.82) is 0 Å². The van der Waals surface area contributed by atoms with E-state index in [0.29, 0.717) is 0 Å². The van der Waals surface area contributed by atoms with Gasteiger partial charge < -0.3 is 4.74 Å². The SMILES string of the molecule is CCOc1cncc(C(NN)C(C(F)(F)F)C(F)(F)F)c1. The molecule has 0 aliphatic carbocycles. The number of aromatic nitrogens is 1. The summed E-state index contributed by atoms with van der Waals surface area (Å²) < 4.78 is 81.3. The van der Waals surface area contributed by atoms with Gasteiger partial charge in [-0.05, 0) is 18.6 Å². The Balaban J connectivity index is 3.23. The number of nitrogens with zero attached hydrogens (tertiary/aromatic N) is 1. The van der Waals surface area contributed by atoms with Crippen LogP contribution in [0.4, 0.5) is 26.3 Å². The molecule has 0 spiro atoms. The van der Waals surface area contributed by atoms with E-state index >= 15 is 0 Å². The third-order valence-corrected chi connectivity index (χ3v) is 2.62. The molecule has 3 N–H and O–H groups in total. The summed E-state index contributed by atoms with van der Waals surface area (Å²) in [6.07, 6.45) is -8.98. The summed E-state index contributed by atoms with van der Waals surface area (Å²) in [5.74, 6) is 1.30. The Morgan fingerprint density at radius 3 is 2.19 bits per heavy atom. The molecular weight excluding hydrogens is 304 g/mol. The van der Waals surface area contributed by atoms with E-state index in [1.165, 1.54) is 6.20 Å². The van der Waals surface area contributed by atoms with Gasteiger partial charge in [-0.25, -0.2) is 0 Å². The Labute approximate surface area is 116 Å². The molecule has 1 unspecified atom stereocenters. The van der Waals surface area contributed by atoms with Crippen LogP contribution in [-0.4, -0.2) is 23.9 Å². The largest absolute Gasteiger partial charge is 0.492 e. The van der Waals surface area contributed by atoms with Crippen LogP contribution in [-0.2, 0) is 0 Å². The molecule has 1 aromatic rings. The van der Waals surface area contributed by atoms with Gasteiger partial charge in [-0.15, -0.1) is 0 Å². The van der Waals surface area contributed by atoms with E-state index in [1.54, 1.807) is 12.3 Å². The van der Waals surface area contributed by atoms with Crippen molar-refractivity contribution in [3.8, 4) is 5.75 Å². The monoisotopic (exact) mass is 317 g/mol. The summed E-state index contributed by atoms with van der Waals surface area (Å²) in [4.78, 5) is 3.56. The lowest BCUT2D eigenvalue weighted by Crippen LogP contribution is -2.47. The van der Waals surface area contributed by atoms with Gasteiger partial charge in [0.2, 0.25) is 0 Å². The number of halogens is 6. The highest BCUT2D eigenvalue weighted by atomic mass is 19.4. The zero-order valence-electron chi connectivity index (χ0n) is 10.8. The van der Waals surface area contributed by atoms with Crippen molar-refractivity contribution in [3.63, 3.8) is 0 Å². The van der Waals surface area contributed by atoms with Crippen LogP contribution in [0.3, 0.4) is 0 Å². The Morgan fingerprint density at radius 2 is 1.76 bits per heavy atom. The molecule has 21 heavy (non-hydrogen) atoms. The van der Waals surface area contributed by atoms with Gasteiger partial charge in [-0.1, -0.05) is 0 Å². The number of ether oxygens (including phenoxy) is 1. The highest BCUT2D eigenvalue weighted by Gasteiger charge is 2.60. The first kappa shape index (κ1) is 17.5. The number of hydrogen-bond donors (Lipinski definition) is 2. The topological polar surface area (TPSA) is 60.2 Å². The van der Waals surface area contributed by atoms with Crippen LogP contribution in [0.15, 0.2) is 18.5 Å². The number of nitrogens with two attached hydrogens (primary N) is 1. The van der Waals surface area contributed by atoms with Gasteiger partial charge in [0.25, 0.3) is 0 Å². The minimum absolute atomic E-state index is 0.0540. The Morgan fingerprint density at radius 1 is 1.19 bits per heavy atom. The summed E-state index contributed by atoms with van der Waals surface area (Å²) in [6.45, 7) is 1.80. The second-order valence-electron chi connectivity index (χ2n) is 4.09. The fourth-order valence-corrected chi connectivity index (χ4v) is 1.80. The predicted molar refractivity (Wildman–Crippen MR) is 61.1 cm³/mol. The Bertz CT molecular complexity index is 448. The molecule has 0 aliphatic heterocycles. The van der Waals surface area contributed by atoms with E-state index in [1.807, 2.05) is 0 Å². The van der Waals surface area contributed by atoms with E-state index in [0.717, 1.165) is 12.3 Å². The molecule has 0 fully saturated rings. The molecule has 120 valence electrons. The smallest absolute Gasteiger partial charge is 0.402 e. The maximum absolute atomic E-state index is 12.7. The second kappa shape index (κ2) is 6.48. The molecule has 1 heterocycles. The molecular formula is C11H13F6N3O. The van der Waals surface area contributed by atoms with Crippen molar-refractivity contribution in [3.05, 3.63) is 24.0 Å². The highest BCUT2D eigenvalue weighted by Crippen LogP contribution is 2.46. The van der Waals surface area contributed by atoms with Crippen LogP contribution >= 0.6 is 0 Å². The molecule has 10 heteroatoms. The lowest BCUT2D eigenvalue weighted by atomic mass is 9.93. The van der Waals surface area contributed by atoms with Gasteiger partial charge in [-0.3, -0.25) is 16.3 Å². The number of nitrogens with one attached hydrogen (secondary N) is 1. The lowest BCUT2D eigenvalue weighted by Gasteiger charge is -2.30. The molecule has 0 aromatic carbocycles.